The number of methoxy groups -OCH3 is 2. The Balaban J connectivity index is 1.89. The van der Waals surface area contributed by atoms with E-state index in [4.69, 9.17) is 9.47 Å². The van der Waals surface area contributed by atoms with E-state index in [9.17, 15) is 21.6 Å². The molecular formula is C26H33FN2O7S2. The topological polar surface area (TPSA) is 119 Å². The Morgan fingerprint density at radius 3 is 2.18 bits per heavy atom. The summed E-state index contributed by atoms with van der Waals surface area (Å²) in [6, 6.07) is 9.61. The van der Waals surface area contributed by atoms with Gasteiger partial charge in [0.15, 0.2) is 27.0 Å². The number of piperidine rings is 1. The van der Waals surface area contributed by atoms with E-state index in [0.717, 1.165) is 21.5 Å². The fourth-order valence-electron chi connectivity index (χ4n) is 4.25. The summed E-state index contributed by atoms with van der Waals surface area (Å²) in [5, 5.41) is 3.39. The van der Waals surface area contributed by atoms with Crippen LogP contribution in [0.15, 0.2) is 52.8 Å². The number of nitrogens with one attached hydrogen (secondary N) is 1. The van der Waals surface area contributed by atoms with Crippen LogP contribution >= 0.6 is 0 Å². The number of sulfone groups is 1. The summed E-state index contributed by atoms with van der Waals surface area (Å²) in [4.78, 5) is 12.6. The van der Waals surface area contributed by atoms with E-state index in [2.05, 4.69) is 5.32 Å². The SMILES string of the molecule is COc1cc(-c2ccccc2C)c(S(=O)(=O)N2CCC(F)(C(=O)N[C@H](C)/C=C\S(C)(=O)=O)CC2)cc1OC. The number of carbonyl (C=O) groups excluding carboxylic acids is 1. The maximum absolute atomic E-state index is 15.6. The number of amides is 1. The number of rotatable bonds is 9. The van der Waals surface area contributed by atoms with Crippen LogP contribution in [-0.4, -0.2) is 72.3 Å². The fraction of sp³-hybridized carbons (Fsp3) is 0.423. The lowest BCUT2D eigenvalue weighted by Crippen LogP contribution is -2.53. The molecule has 2 aromatic rings. The Labute approximate surface area is 223 Å². The maximum Gasteiger partial charge on any atom is 0.258 e. The van der Waals surface area contributed by atoms with Gasteiger partial charge >= 0.3 is 0 Å². The number of alkyl halides is 1. The first-order valence-corrected chi connectivity index (χ1v) is 15.3. The minimum Gasteiger partial charge on any atom is -0.493 e. The van der Waals surface area contributed by atoms with Crippen LogP contribution < -0.4 is 14.8 Å². The van der Waals surface area contributed by atoms with Gasteiger partial charge in [-0.15, -0.1) is 0 Å². The van der Waals surface area contributed by atoms with Crippen LogP contribution in [0.1, 0.15) is 25.3 Å². The van der Waals surface area contributed by atoms with Crippen molar-refractivity contribution in [2.45, 2.75) is 43.3 Å². The van der Waals surface area contributed by atoms with Gasteiger partial charge in [0.2, 0.25) is 10.0 Å². The lowest BCUT2D eigenvalue weighted by molar-refractivity contribution is -0.135. The number of sulfonamides is 1. The molecule has 0 spiro atoms. The second-order valence-corrected chi connectivity index (χ2v) is 13.1. The van der Waals surface area contributed by atoms with E-state index in [1.807, 2.05) is 25.1 Å². The van der Waals surface area contributed by atoms with Gasteiger partial charge in [-0.25, -0.2) is 21.2 Å². The van der Waals surface area contributed by atoms with Crippen LogP contribution in [0.2, 0.25) is 0 Å². The van der Waals surface area contributed by atoms with Gasteiger partial charge in [0, 0.05) is 55.3 Å². The Kier molecular flexibility index (Phi) is 8.89. The number of nitrogens with zero attached hydrogens (tertiary/aromatic N) is 1. The highest BCUT2D eigenvalue weighted by Crippen LogP contribution is 2.41. The predicted octanol–water partition coefficient (Wildman–Crippen LogP) is 3.24. The van der Waals surface area contributed by atoms with Crippen molar-refractivity contribution >= 4 is 25.8 Å². The molecule has 0 radical (unpaired) electrons. The summed E-state index contributed by atoms with van der Waals surface area (Å²) in [6.45, 7) is 2.95. The largest absolute Gasteiger partial charge is 0.493 e. The average molecular weight is 569 g/mol. The lowest BCUT2D eigenvalue weighted by Gasteiger charge is -2.35. The quantitative estimate of drug-likeness (QED) is 0.493. The van der Waals surface area contributed by atoms with Crippen molar-refractivity contribution in [1.29, 1.82) is 0 Å². The minimum absolute atomic E-state index is 0.0141. The van der Waals surface area contributed by atoms with Gasteiger partial charge < -0.3 is 14.8 Å². The van der Waals surface area contributed by atoms with Crippen molar-refractivity contribution < 1.29 is 35.5 Å². The van der Waals surface area contributed by atoms with Crippen LogP contribution in [-0.2, 0) is 24.7 Å². The van der Waals surface area contributed by atoms with Crippen LogP contribution in [0.25, 0.3) is 11.1 Å². The van der Waals surface area contributed by atoms with Gasteiger partial charge in [0.05, 0.1) is 19.1 Å². The van der Waals surface area contributed by atoms with Crippen LogP contribution in [0.3, 0.4) is 0 Å². The molecule has 2 aromatic carbocycles. The molecule has 3 rings (SSSR count). The van der Waals surface area contributed by atoms with Crippen LogP contribution in [0.4, 0.5) is 4.39 Å². The number of carbonyl (C=O) groups is 1. The summed E-state index contributed by atoms with van der Waals surface area (Å²) in [5.74, 6) is -0.315. The molecular weight excluding hydrogens is 535 g/mol. The van der Waals surface area contributed by atoms with E-state index in [0.29, 0.717) is 16.9 Å². The summed E-state index contributed by atoms with van der Waals surface area (Å²) in [5.41, 5.74) is -0.329. The number of halogens is 1. The highest BCUT2D eigenvalue weighted by molar-refractivity contribution is 7.93. The molecule has 9 nitrogen and oxygen atoms in total. The van der Waals surface area contributed by atoms with Crippen LogP contribution in [0.5, 0.6) is 11.5 Å². The zero-order chi connectivity index (χ0) is 28.3. The fourth-order valence-corrected chi connectivity index (χ4v) is 6.42. The first kappa shape index (κ1) is 29.6. The van der Waals surface area contributed by atoms with Crippen molar-refractivity contribution in [3.63, 3.8) is 0 Å². The van der Waals surface area contributed by atoms with Crippen LogP contribution in [0, 0.1) is 6.92 Å². The Hall–Kier alpha value is -2.96. The second-order valence-electron chi connectivity index (χ2n) is 9.31. The zero-order valence-corrected chi connectivity index (χ0v) is 23.7. The molecule has 0 aromatic heterocycles. The molecule has 1 heterocycles. The Morgan fingerprint density at radius 1 is 1.05 bits per heavy atom. The third-order valence-electron chi connectivity index (χ3n) is 6.43. The molecule has 1 N–H and O–H groups in total. The van der Waals surface area contributed by atoms with Gasteiger partial charge in [0.1, 0.15) is 0 Å². The molecule has 208 valence electrons. The summed E-state index contributed by atoms with van der Waals surface area (Å²) in [6.07, 6.45) is 1.55. The molecule has 0 saturated carbocycles. The van der Waals surface area contributed by atoms with Gasteiger partial charge in [-0.1, -0.05) is 30.3 Å². The number of hydrogen-bond donors (Lipinski definition) is 1. The molecule has 0 aliphatic carbocycles. The number of benzene rings is 2. The van der Waals surface area contributed by atoms with Crippen molar-refractivity contribution in [3.05, 3.63) is 53.4 Å². The molecule has 1 amide bonds. The molecule has 1 saturated heterocycles. The maximum atomic E-state index is 15.6. The summed E-state index contributed by atoms with van der Waals surface area (Å²) < 4.78 is 77.8. The molecule has 1 fully saturated rings. The molecule has 1 aliphatic heterocycles. The molecule has 1 atom stereocenters. The van der Waals surface area contributed by atoms with E-state index in [-0.39, 0.29) is 36.6 Å². The highest BCUT2D eigenvalue weighted by atomic mass is 32.2. The monoisotopic (exact) mass is 568 g/mol. The standard InChI is InChI=1S/C26H33FN2O7S2/c1-18-8-6-7-9-20(18)21-16-22(35-3)23(36-4)17-24(21)38(33,34)29-13-11-26(27,12-14-29)25(30)28-19(2)10-15-37(5,31)32/h6-10,15-17,19H,11-14H2,1-5H3,(H,28,30)/b15-10-/t19-/m1/s1. The lowest BCUT2D eigenvalue weighted by atomic mass is 9.93. The first-order chi connectivity index (χ1) is 17.7. The number of hydrogen-bond acceptors (Lipinski definition) is 7. The van der Waals surface area contributed by atoms with E-state index in [1.54, 1.807) is 12.1 Å². The number of ether oxygens (including phenoxy) is 2. The molecule has 0 unspecified atom stereocenters. The van der Waals surface area contributed by atoms with Crippen molar-refractivity contribution in [2.24, 2.45) is 0 Å². The van der Waals surface area contributed by atoms with E-state index in [1.165, 1.54) is 33.3 Å². The smallest absolute Gasteiger partial charge is 0.258 e. The highest BCUT2D eigenvalue weighted by Gasteiger charge is 2.45. The first-order valence-electron chi connectivity index (χ1n) is 11.9. The van der Waals surface area contributed by atoms with Crippen molar-refractivity contribution in [3.8, 4) is 22.6 Å². The van der Waals surface area contributed by atoms with Crippen molar-refractivity contribution in [2.75, 3.05) is 33.6 Å². The normalized spacial score (nSPS) is 17.2. The minimum atomic E-state index is -4.12. The second kappa shape index (κ2) is 11.4. The van der Waals surface area contributed by atoms with Gasteiger partial charge in [-0.05, 0) is 31.0 Å². The average Bonchev–Trinajstić information content (AvgIpc) is 2.86. The Bertz CT molecular complexity index is 1430. The van der Waals surface area contributed by atoms with E-state index < -0.39 is 37.5 Å². The third-order valence-corrected chi connectivity index (χ3v) is 9.02. The molecule has 12 heteroatoms. The molecule has 1 aliphatic rings. The summed E-state index contributed by atoms with van der Waals surface area (Å²) >= 11 is 0. The molecule has 38 heavy (non-hydrogen) atoms. The zero-order valence-electron chi connectivity index (χ0n) is 22.0. The van der Waals surface area contributed by atoms with Gasteiger partial charge in [0.25, 0.3) is 5.91 Å². The van der Waals surface area contributed by atoms with Crippen molar-refractivity contribution in [1.82, 2.24) is 9.62 Å². The van der Waals surface area contributed by atoms with Gasteiger partial charge in [-0.2, -0.15) is 4.31 Å². The van der Waals surface area contributed by atoms with E-state index >= 15 is 4.39 Å². The number of aryl methyl sites for hydroxylation is 1. The Morgan fingerprint density at radius 2 is 1.63 bits per heavy atom. The van der Waals surface area contributed by atoms with Gasteiger partial charge in [-0.3, -0.25) is 4.79 Å². The molecule has 0 bridgehead atoms. The predicted molar refractivity (Wildman–Crippen MR) is 143 cm³/mol. The third kappa shape index (κ3) is 6.54. The summed E-state index contributed by atoms with van der Waals surface area (Å²) in [7, 11) is -4.65.